The number of carbonyl (C=O) groups excluding carboxylic acids is 2. The third-order valence-electron chi connectivity index (χ3n) is 6.02. The monoisotopic (exact) mass is 519 g/mol. The molecule has 0 bridgehead atoms. The van der Waals surface area contributed by atoms with Crippen LogP contribution in [0.25, 0.3) is 16.7 Å². The van der Waals surface area contributed by atoms with Gasteiger partial charge in [0, 0.05) is 24.1 Å². The molecular formula is C28H29N3O5S. The lowest BCUT2D eigenvalue weighted by Crippen LogP contribution is -2.33. The summed E-state index contributed by atoms with van der Waals surface area (Å²) in [6.45, 7) is 7.12. The first kappa shape index (κ1) is 26.1. The zero-order valence-corrected chi connectivity index (χ0v) is 22.0. The zero-order chi connectivity index (χ0) is 26.7. The number of nitrogens with zero attached hydrogens (tertiary/aromatic N) is 2. The molecule has 37 heavy (non-hydrogen) atoms. The number of hydrogen-bond acceptors (Lipinski definition) is 6. The Kier molecular flexibility index (Phi) is 7.45. The number of benzene rings is 3. The molecule has 0 saturated heterocycles. The Labute approximate surface area is 216 Å². The Morgan fingerprint density at radius 1 is 1.03 bits per heavy atom. The minimum absolute atomic E-state index is 0.00313. The molecule has 9 heteroatoms. The Balaban J connectivity index is 1.44. The number of Topliss-reactive ketones (excluding diaryl/α,β-unsaturated/α-hetero) is 1. The number of nitrogens with one attached hydrogen (secondary N) is 1. The molecule has 0 saturated carbocycles. The van der Waals surface area contributed by atoms with Crippen LogP contribution in [0.2, 0.25) is 0 Å². The number of rotatable bonds is 8. The second-order valence-corrected chi connectivity index (χ2v) is 10.7. The van der Waals surface area contributed by atoms with Gasteiger partial charge in [0.25, 0.3) is 10.0 Å². The number of aromatic nitrogens is 2. The van der Waals surface area contributed by atoms with Crippen molar-refractivity contribution in [3.05, 3.63) is 89.2 Å². The summed E-state index contributed by atoms with van der Waals surface area (Å²) < 4.78 is 34.1. The second kappa shape index (κ2) is 10.6. The predicted molar refractivity (Wildman–Crippen MR) is 142 cm³/mol. The first-order valence-corrected chi connectivity index (χ1v) is 13.5. The van der Waals surface area contributed by atoms with Crippen molar-refractivity contribution in [3.8, 4) is 5.69 Å². The smallest absolute Gasteiger partial charge is 0.421 e. The SMILES string of the molecule is CCc1nc2cc(C(C)=O)ccc2n1-c1ccc(C[C@H](C)OC(=O)NS(=O)(=O)c2ccc(C)cc2)cc1. The maximum atomic E-state index is 12.4. The van der Waals surface area contributed by atoms with Gasteiger partial charge in [-0.1, -0.05) is 36.8 Å². The van der Waals surface area contributed by atoms with E-state index in [0.717, 1.165) is 40.1 Å². The van der Waals surface area contributed by atoms with Gasteiger partial charge in [-0.15, -0.1) is 0 Å². The highest BCUT2D eigenvalue weighted by atomic mass is 32.2. The summed E-state index contributed by atoms with van der Waals surface area (Å²) in [7, 11) is -4.01. The first-order chi connectivity index (χ1) is 17.6. The van der Waals surface area contributed by atoms with Crippen molar-refractivity contribution in [2.24, 2.45) is 0 Å². The van der Waals surface area contributed by atoms with E-state index in [2.05, 4.69) is 4.57 Å². The molecule has 4 rings (SSSR count). The fourth-order valence-corrected chi connectivity index (χ4v) is 5.00. The fraction of sp³-hybridized carbons (Fsp3) is 0.250. The number of amides is 1. The number of imidazole rings is 1. The molecule has 0 fully saturated rings. The molecule has 0 unspecified atom stereocenters. The van der Waals surface area contributed by atoms with Gasteiger partial charge in [0.1, 0.15) is 11.9 Å². The van der Waals surface area contributed by atoms with E-state index in [1.165, 1.54) is 19.1 Å². The maximum absolute atomic E-state index is 12.4. The van der Waals surface area contributed by atoms with Crippen LogP contribution in [-0.2, 0) is 27.6 Å². The van der Waals surface area contributed by atoms with Gasteiger partial charge in [-0.05, 0) is 68.8 Å². The van der Waals surface area contributed by atoms with E-state index in [1.807, 2.05) is 55.0 Å². The molecule has 3 aromatic carbocycles. The van der Waals surface area contributed by atoms with Crippen molar-refractivity contribution in [3.63, 3.8) is 0 Å². The zero-order valence-electron chi connectivity index (χ0n) is 21.2. The van der Waals surface area contributed by atoms with E-state index >= 15 is 0 Å². The van der Waals surface area contributed by atoms with Crippen LogP contribution in [0.3, 0.4) is 0 Å². The average Bonchev–Trinajstić information content (AvgIpc) is 3.22. The molecule has 1 amide bonds. The van der Waals surface area contributed by atoms with Crippen LogP contribution in [0.15, 0.2) is 71.6 Å². The van der Waals surface area contributed by atoms with E-state index < -0.39 is 22.2 Å². The molecule has 4 aromatic rings. The van der Waals surface area contributed by atoms with Gasteiger partial charge in [0.2, 0.25) is 0 Å². The predicted octanol–water partition coefficient (Wildman–Crippen LogP) is 5.15. The molecule has 1 atom stereocenters. The van der Waals surface area contributed by atoms with Gasteiger partial charge in [-0.3, -0.25) is 9.36 Å². The third-order valence-corrected chi connectivity index (χ3v) is 7.35. The highest BCUT2D eigenvalue weighted by Gasteiger charge is 2.20. The van der Waals surface area contributed by atoms with E-state index in [1.54, 1.807) is 25.1 Å². The molecular weight excluding hydrogens is 490 g/mol. The molecule has 192 valence electrons. The molecule has 8 nitrogen and oxygen atoms in total. The number of ether oxygens (including phenoxy) is 1. The summed E-state index contributed by atoms with van der Waals surface area (Å²) in [5, 5.41) is 0. The van der Waals surface area contributed by atoms with Crippen molar-refractivity contribution in [1.82, 2.24) is 14.3 Å². The molecule has 0 aliphatic heterocycles. The highest BCUT2D eigenvalue weighted by molar-refractivity contribution is 7.90. The van der Waals surface area contributed by atoms with E-state index in [9.17, 15) is 18.0 Å². The highest BCUT2D eigenvalue weighted by Crippen LogP contribution is 2.24. The normalized spacial score (nSPS) is 12.3. The van der Waals surface area contributed by atoms with Crippen molar-refractivity contribution in [2.75, 3.05) is 0 Å². The van der Waals surface area contributed by atoms with Gasteiger partial charge in [-0.2, -0.15) is 0 Å². The second-order valence-electron chi connectivity index (χ2n) is 8.98. The molecule has 1 N–H and O–H groups in total. The van der Waals surface area contributed by atoms with Crippen LogP contribution in [-0.4, -0.2) is 35.9 Å². The Morgan fingerprint density at radius 2 is 1.70 bits per heavy atom. The van der Waals surface area contributed by atoms with Gasteiger partial charge >= 0.3 is 6.09 Å². The summed E-state index contributed by atoms with van der Waals surface area (Å²) in [5.74, 6) is 0.878. The quantitative estimate of drug-likeness (QED) is 0.323. The number of carbonyl (C=O) groups is 2. The van der Waals surface area contributed by atoms with Crippen LogP contribution in [0.4, 0.5) is 4.79 Å². The summed E-state index contributed by atoms with van der Waals surface area (Å²) >= 11 is 0. The van der Waals surface area contributed by atoms with Crippen LogP contribution in [0.1, 0.15) is 48.1 Å². The number of sulfonamides is 1. The van der Waals surface area contributed by atoms with Gasteiger partial charge in [0.15, 0.2) is 5.78 Å². The van der Waals surface area contributed by atoms with Crippen molar-refractivity contribution in [1.29, 1.82) is 0 Å². The van der Waals surface area contributed by atoms with Crippen molar-refractivity contribution >= 4 is 32.9 Å². The summed E-state index contributed by atoms with van der Waals surface area (Å²) in [4.78, 5) is 28.7. The Morgan fingerprint density at radius 3 is 2.32 bits per heavy atom. The van der Waals surface area contributed by atoms with Crippen LogP contribution >= 0.6 is 0 Å². The maximum Gasteiger partial charge on any atom is 0.421 e. The van der Waals surface area contributed by atoms with Crippen LogP contribution in [0.5, 0.6) is 0 Å². The van der Waals surface area contributed by atoms with Crippen molar-refractivity contribution in [2.45, 2.75) is 51.5 Å². The van der Waals surface area contributed by atoms with Crippen LogP contribution in [0, 0.1) is 6.92 Å². The molecule has 1 aromatic heterocycles. The molecule has 0 radical (unpaired) electrons. The number of hydrogen-bond donors (Lipinski definition) is 1. The van der Waals surface area contributed by atoms with E-state index in [0.29, 0.717) is 12.0 Å². The standard InChI is InChI=1S/C28H29N3O5S/c1-5-27-29-25-17-22(20(4)32)10-15-26(25)31(27)23-11-8-21(9-12-23)16-19(3)36-28(33)30-37(34,35)24-13-6-18(2)7-14-24/h6-15,17,19H,5,16H2,1-4H3,(H,30,33)/t19-/m0/s1. The van der Waals surface area contributed by atoms with Crippen molar-refractivity contribution < 1.29 is 22.7 Å². The minimum Gasteiger partial charge on any atom is -0.445 e. The minimum atomic E-state index is -4.01. The summed E-state index contributed by atoms with van der Waals surface area (Å²) in [5.41, 5.74) is 5.07. The van der Waals surface area contributed by atoms with Gasteiger partial charge < -0.3 is 4.74 Å². The van der Waals surface area contributed by atoms with E-state index in [4.69, 9.17) is 9.72 Å². The van der Waals surface area contributed by atoms with Gasteiger partial charge in [-0.25, -0.2) is 22.9 Å². The Hall–Kier alpha value is -3.98. The lowest BCUT2D eigenvalue weighted by atomic mass is 10.1. The molecule has 0 aliphatic rings. The van der Waals surface area contributed by atoms with E-state index in [-0.39, 0.29) is 10.7 Å². The summed E-state index contributed by atoms with van der Waals surface area (Å²) in [6.07, 6.45) is -0.445. The number of ketones is 1. The average molecular weight is 520 g/mol. The third kappa shape index (κ3) is 5.89. The summed E-state index contributed by atoms with van der Waals surface area (Å²) in [6, 6.07) is 19.5. The first-order valence-electron chi connectivity index (χ1n) is 12.0. The largest absolute Gasteiger partial charge is 0.445 e. The Bertz CT molecular complexity index is 1560. The lowest BCUT2D eigenvalue weighted by molar-refractivity contribution is 0.101. The number of aryl methyl sites for hydroxylation is 2. The number of fused-ring (bicyclic) bond motifs is 1. The fourth-order valence-electron chi connectivity index (χ4n) is 4.12. The molecule has 0 spiro atoms. The topological polar surface area (TPSA) is 107 Å². The van der Waals surface area contributed by atoms with Gasteiger partial charge in [0.05, 0.1) is 15.9 Å². The lowest BCUT2D eigenvalue weighted by Gasteiger charge is -2.15. The molecule has 0 aliphatic carbocycles. The molecule has 1 heterocycles. The van der Waals surface area contributed by atoms with Crippen LogP contribution < -0.4 is 4.72 Å².